The fourth-order valence-electron chi connectivity index (χ4n) is 1.73. The maximum Gasteiger partial charge on any atom is 0.303 e. The van der Waals surface area contributed by atoms with Crippen molar-refractivity contribution in [1.29, 1.82) is 0 Å². The van der Waals surface area contributed by atoms with Crippen LogP contribution in [0.3, 0.4) is 0 Å². The van der Waals surface area contributed by atoms with Gasteiger partial charge in [0.2, 0.25) is 0 Å². The lowest BCUT2D eigenvalue weighted by molar-refractivity contribution is -0.136. The van der Waals surface area contributed by atoms with Gasteiger partial charge >= 0.3 is 5.97 Å². The smallest absolute Gasteiger partial charge is 0.303 e. The molecule has 1 heterocycles. The van der Waals surface area contributed by atoms with Crippen LogP contribution in [0.15, 0.2) is 36.4 Å². The Morgan fingerprint density at radius 2 is 1.88 bits per heavy atom. The quantitative estimate of drug-likeness (QED) is 0.846. The Morgan fingerprint density at radius 3 is 2.53 bits per heavy atom. The molecule has 2 rings (SSSR count). The van der Waals surface area contributed by atoms with Crippen molar-refractivity contribution in [2.45, 2.75) is 19.8 Å². The minimum atomic E-state index is -0.767. The van der Waals surface area contributed by atoms with Crippen molar-refractivity contribution in [3.63, 3.8) is 0 Å². The summed E-state index contributed by atoms with van der Waals surface area (Å²) in [6.07, 6.45) is 0.703. The number of aromatic amines is 1. The van der Waals surface area contributed by atoms with Gasteiger partial charge in [-0.3, -0.25) is 4.79 Å². The van der Waals surface area contributed by atoms with E-state index in [1.165, 1.54) is 5.56 Å². The number of aliphatic carboxylic acids is 1. The number of aromatic nitrogens is 1. The molecule has 2 N–H and O–H groups in total. The molecular weight excluding hydrogens is 214 g/mol. The maximum absolute atomic E-state index is 10.5. The Bertz CT molecular complexity index is 511. The van der Waals surface area contributed by atoms with Crippen LogP contribution in [0.4, 0.5) is 0 Å². The highest BCUT2D eigenvalue weighted by Gasteiger charge is 2.03. The van der Waals surface area contributed by atoms with E-state index in [-0.39, 0.29) is 6.42 Å². The number of carboxylic acid groups (broad SMARTS) is 1. The molecule has 2 aromatic rings. The lowest BCUT2D eigenvalue weighted by atomic mass is 10.1. The summed E-state index contributed by atoms with van der Waals surface area (Å²) in [7, 11) is 0. The van der Waals surface area contributed by atoms with E-state index in [0.717, 1.165) is 17.0 Å². The van der Waals surface area contributed by atoms with Crippen LogP contribution >= 0.6 is 0 Å². The van der Waals surface area contributed by atoms with Crippen molar-refractivity contribution in [2.75, 3.05) is 0 Å². The number of hydrogen-bond acceptors (Lipinski definition) is 1. The minimum absolute atomic E-state index is 0.161. The molecule has 0 aliphatic carbocycles. The van der Waals surface area contributed by atoms with Gasteiger partial charge in [-0.25, -0.2) is 0 Å². The molecule has 1 aromatic carbocycles. The van der Waals surface area contributed by atoms with E-state index in [1.807, 2.05) is 12.1 Å². The lowest BCUT2D eigenvalue weighted by Gasteiger charge is -1.99. The summed E-state index contributed by atoms with van der Waals surface area (Å²) in [4.78, 5) is 13.7. The van der Waals surface area contributed by atoms with Gasteiger partial charge in [0.05, 0.1) is 6.42 Å². The molecule has 88 valence electrons. The average Bonchev–Trinajstić information content (AvgIpc) is 2.76. The Balaban J connectivity index is 2.12. The first-order valence-electron chi connectivity index (χ1n) is 5.62. The number of hydrogen-bond donors (Lipinski definition) is 2. The maximum atomic E-state index is 10.5. The molecule has 0 aliphatic rings. The van der Waals surface area contributed by atoms with E-state index in [0.29, 0.717) is 6.42 Å². The fraction of sp³-hybridized carbons (Fsp3) is 0.214. The summed E-state index contributed by atoms with van der Waals surface area (Å²) in [5.74, 6) is -0.767. The van der Waals surface area contributed by atoms with Crippen molar-refractivity contribution in [1.82, 2.24) is 4.98 Å². The fourth-order valence-corrected chi connectivity index (χ4v) is 1.73. The van der Waals surface area contributed by atoms with Crippen LogP contribution in [0.5, 0.6) is 0 Å². The summed E-state index contributed by atoms with van der Waals surface area (Å²) in [5, 5.41) is 8.62. The zero-order valence-corrected chi connectivity index (χ0v) is 9.73. The molecule has 0 amide bonds. The highest BCUT2D eigenvalue weighted by Crippen LogP contribution is 2.19. The van der Waals surface area contributed by atoms with Crippen LogP contribution in [-0.4, -0.2) is 16.1 Å². The standard InChI is InChI=1S/C14H15NO2/c1-10-2-4-11(5-3-10)13-8-6-12(15-13)7-9-14(16)17/h2-6,8,15H,7,9H2,1H3,(H,16,17). The van der Waals surface area contributed by atoms with Crippen molar-refractivity contribution in [3.05, 3.63) is 47.7 Å². The van der Waals surface area contributed by atoms with Gasteiger partial charge < -0.3 is 10.1 Å². The first-order valence-corrected chi connectivity index (χ1v) is 5.62. The SMILES string of the molecule is Cc1ccc(-c2ccc(CCC(=O)O)[nH]2)cc1. The van der Waals surface area contributed by atoms with E-state index in [1.54, 1.807) is 0 Å². The molecule has 0 atom stereocenters. The Kier molecular flexibility index (Phi) is 3.28. The Hall–Kier alpha value is -2.03. The second-order valence-corrected chi connectivity index (χ2v) is 4.16. The molecule has 3 nitrogen and oxygen atoms in total. The molecule has 0 aliphatic heterocycles. The molecule has 0 saturated carbocycles. The normalized spacial score (nSPS) is 10.4. The van der Waals surface area contributed by atoms with Crippen LogP contribution in [-0.2, 0) is 11.2 Å². The van der Waals surface area contributed by atoms with Crippen molar-refractivity contribution in [3.8, 4) is 11.3 Å². The first kappa shape index (κ1) is 11.5. The van der Waals surface area contributed by atoms with Gasteiger partial charge in [0, 0.05) is 11.4 Å². The van der Waals surface area contributed by atoms with Crippen molar-refractivity contribution in [2.24, 2.45) is 0 Å². The molecule has 0 saturated heterocycles. The predicted octanol–water partition coefficient (Wildman–Crippen LogP) is 3.01. The Morgan fingerprint density at radius 1 is 1.18 bits per heavy atom. The second kappa shape index (κ2) is 4.87. The van der Waals surface area contributed by atoms with Crippen LogP contribution < -0.4 is 0 Å². The van der Waals surface area contributed by atoms with Gasteiger partial charge in [0.1, 0.15) is 0 Å². The van der Waals surface area contributed by atoms with Crippen molar-refractivity contribution < 1.29 is 9.90 Å². The van der Waals surface area contributed by atoms with Gasteiger partial charge in [-0.15, -0.1) is 0 Å². The predicted molar refractivity (Wildman–Crippen MR) is 66.9 cm³/mol. The van der Waals surface area contributed by atoms with Gasteiger partial charge in [-0.05, 0) is 31.0 Å². The van der Waals surface area contributed by atoms with Gasteiger partial charge in [0.15, 0.2) is 0 Å². The molecule has 1 aromatic heterocycles. The molecular formula is C14H15NO2. The largest absolute Gasteiger partial charge is 0.481 e. The zero-order valence-electron chi connectivity index (χ0n) is 9.73. The summed E-state index contributed by atoms with van der Waals surface area (Å²) in [6, 6.07) is 12.2. The van der Waals surface area contributed by atoms with Gasteiger partial charge in [-0.1, -0.05) is 29.8 Å². The van der Waals surface area contributed by atoms with E-state index < -0.39 is 5.97 Å². The third-order valence-electron chi connectivity index (χ3n) is 2.72. The summed E-state index contributed by atoms with van der Waals surface area (Å²) < 4.78 is 0. The number of carbonyl (C=O) groups is 1. The molecule has 0 bridgehead atoms. The third-order valence-corrected chi connectivity index (χ3v) is 2.72. The van der Waals surface area contributed by atoms with E-state index in [9.17, 15) is 4.79 Å². The second-order valence-electron chi connectivity index (χ2n) is 4.16. The highest BCUT2D eigenvalue weighted by atomic mass is 16.4. The van der Waals surface area contributed by atoms with Crippen LogP contribution in [0.25, 0.3) is 11.3 Å². The molecule has 17 heavy (non-hydrogen) atoms. The summed E-state index contributed by atoms with van der Waals surface area (Å²) in [6.45, 7) is 2.05. The van der Waals surface area contributed by atoms with Gasteiger partial charge in [-0.2, -0.15) is 0 Å². The van der Waals surface area contributed by atoms with Crippen molar-refractivity contribution >= 4 is 5.97 Å². The highest BCUT2D eigenvalue weighted by molar-refractivity contribution is 5.67. The molecule has 3 heteroatoms. The Labute approximate surface area is 100 Å². The molecule has 0 spiro atoms. The van der Waals surface area contributed by atoms with E-state index in [2.05, 4.69) is 36.2 Å². The number of aryl methyl sites for hydroxylation is 2. The van der Waals surface area contributed by atoms with E-state index in [4.69, 9.17) is 5.11 Å². The van der Waals surface area contributed by atoms with Crippen LogP contribution in [0.1, 0.15) is 17.7 Å². The number of rotatable bonds is 4. The topological polar surface area (TPSA) is 53.1 Å². The van der Waals surface area contributed by atoms with Crippen LogP contribution in [0.2, 0.25) is 0 Å². The number of benzene rings is 1. The third kappa shape index (κ3) is 2.97. The number of carboxylic acids is 1. The monoisotopic (exact) mass is 229 g/mol. The first-order chi connectivity index (χ1) is 8.15. The zero-order chi connectivity index (χ0) is 12.3. The summed E-state index contributed by atoms with van der Waals surface area (Å²) in [5.41, 5.74) is 4.34. The molecule has 0 unspecified atom stereocenters. The average molecular weight is 229 g/mol. The minimum Gasteiger partial charge on any atom is -0.481 e. The van der Waals surface area contributed by atoms with E-state index >= 15 is 0 Å². The molecule has 0 fully saturated rings. The van der Waals surface area contributed by atoms with Crippen LogP contribution in [0, 0.1) is 6.92 Å². The summed E-state index contributed by atoms with van der Waals surface area (Å²) >= 11 is 0. The lowest BCUT2D eigenvalue weighted by Crippen LogP contribution is -1.97. The number of nitrogens with one attached hydrogen (secondary N) is 1. The molecule has 0 radical (unpaired) electrons. The number of H-pyrrole nitrogens is 1. The van der Waals surface area contributed by atoms with Gasteiger partial charge in [0.25, 0.3) is 0 Å².